The van der Waals surface area contributed by atoms with Gasteiger partial charge in [0.05, 0.1) is 44.4 Å². The number of hydrogen-bond acceptors (Lipinski definition) is 12. The van der Waals surface area contributed by atoms with Crippen LogP contribution >= 0.6 is 0 Å². The normalized spacial score (nSPS) is 23.9. The molecular weight excluding hydrogens is 883 g/mol. The molecule has 17 nitrogen and oxygen atoms in total. The van der Waals surface area contributed by atoms with Crippen LogP contribution in [0.4, 0.5) is 4.79 Å². The highest BCUT2D eigenvalue weighted by atomic mass is 16.5. The van der Waals surface area contributed by atoms with Crippen molar-refractivity contribution in [2.75, 3.05) is 54.1 Å². The van der Waals surface area contributed by atoms with Crippen LogP contribution in [0.25, 0.3) is 33.3 Å². The van der Waals surface area contributed by atoms with E-state index in [2.05, 4.69) is 54.3 Å². The number of hydrogen-bond donors (Lipinski definition) is 4. The van der Waals surface area contributed by atoms with Crippen LogP contribution in [0.5, 0.6) is 5.75 Å². The Kier molecular flexibility index (Phi) is 14.9. The minimum Gasteiger partial charge on any atom is -0.508 e. The van der Waals surface area contributed by atoms with Gasteiger partial charge in [0, 0.05) is 68.8 Å². The molecule has 372 valence electrons. The second kappa shape index (κ2) is 20.2. The molecule has 69 heavy (non-hydrogen) atoms. The number of nitrogens with zero attached hydrogens (tertiary/aromatic N) is 5. The molecule has 0 radical (unpaired) electrons. The highest BCUT2D eigenvalue weighted by Crippen LogP contribution is 2.42. The summed E-state index contributed by atoms with van der Waals surface area (Å²) in [6.07, 6.45) is 2.95. The van der Waals surface area contributed by atoms with Gasteiger partial charge in [-0.05, 0) is 103 Å². The number of carbonyl (C=O) groups is 5. The lowest BCUT2D eigenvalue weighted by atomic mass is 9.84. The second-order valence-corrected chi connectivity index (χ2v) is 20.4. The van der Waals surface area contributed by atoms with Crippen LogP contribution in [0.15, 0.2) is 54.7 Å². The maximum absolute atomic E-state index is 14.9. The minimum atomic E-state index is -2.01. The molecular formula is C52H69N7O10. The van der Waals surface area contributed by atoms with E-state index in [9.17, 15) is 34.2 Å². The number of aldehydes is 1. The van der Waals surface area contributed by atoms with Gasteiger partial charge in [0.25, 0.3) is 11.8 Å². The molecule has 1 unspecified atom stereocenters. The van der Waals surface area contributed by atoms with E-state index in [0.29, 0.717) is 36.9 Å². The second-order valence-electron chi connectivity index (χ2n) is 20.4. The molecule has 6 bridgehead atoms. The minimum absolute atomic E-state index is 0.0282. The number of aromatic hydroxyl groups is 1. The smallest absolute Gasteiger partial charge is 0.409 e. The van der Waals surface area contributed by atoms with Gasteiger partial charge in [-0.2, -0.15) is 0 Å². The fourth-order valence-corrected chi connectivity index (χ4v) is 10.6. The van der Waals surface area contributed by atoms with Crippen molar-refractivity contribution < 1.29 is 48.4 Å². The summed E-state index contributed by atoms with van der Waals surface area (Å²) >= 11 is 0. The fourth-order valence-electron chi connectivity index (χ4n) is 10.6. The van der Waals surface area contributed by atoms with Crippen molar-refractivity contribution in [2.45, 2.75) is 110 Å². The third-order valence-electron chi connectivity index (χ3n) is 14.2. The average Bonchev–Trinajstić information content (AvgIpc) is 3.81. The van der Waals surface area contributed by atoms with E-state index in [-0.39, 0.29) is 51.1 Å². The van der Waals surface area contributed by atoms with Crippen LogP contribution in [0, 0.1) is 17.3 Å². The van der Waals surface area contributed by atoms with Gasteiger partial charge in [0.15, 0.2) is 5.60 Å². The molecule has 3 aliphatic rings. The lowest BCUT2D eigenvalue weighted by molar-refractivity contribution is -0.158. The molecule has 2 fully saturated rings. The monoisotopic (exact) mass is 952 g/mol. The third-order valence-corrected chi connectivity index (χ3v) is 14.2. The average molecular weight is 952 g/mol. The molecule has 3 aliphatic heterocycles. The predicted octanol–water partition coefficient (Wildman–Crippen LogP) is 5.43. The van der Waals surface area contributed by atoms with E-state index < -0.39 is 64.3 Å². The number of nitrogens with one attached hydrogen (secondary N) is 2. The molecule has 6 atom stereocenters. The first kappa shape index (κ1) is 51.0. The van der Waals surface area contributed by atoms with E-state index >= 15 is 0 Å². The number of rotatable bonds is 10. The largest absolute Gasteiger partial charge is 0.508 e. The van der Waals surface area contributed by atoms with Crippen LogP contribution in [0.3, 0.4) is 0 Å². The topological polar surface area (TPSA) is 205 Å². The first-order valence-corrected chi connectivity index (χ1v) is 23.9. The first-order valence-electron chi connectivity index (χ1n) is 23.9. The lowest BCUT2D eigenvalue weighted by Gasteiger charge is -2.42. The van der Waals surface area contributed by atoms with E-state index in [1.54, 1.807) is 46.2 Å². The van der Waals surface area contributed by atoms with Crippen molar-refractivity contribution in [3.8, 4) is 28.1 Å². The summed E-state index contributed by atoms with van der Waals surface area (Å²) < 4.78 is 19.5. The Morgan fingerprint density at radius 1 is 1.09 bits per heavy atom. The Morgan fingerprint density at radius 2 is 1.84 bits per heavy atom. The Morgan fingerprint density at radius 3 is 2.52 bits per heavy atom. The number of fused-ring (bicyclic) bond motifs is 6. The number of β-amino-alcohol motifs (C(OH)–C–C–N with tert-alkyl or cyclic N) is 1. The van der Waals surface area contributed by atoms with Crippen molar-refractivity contribution in [2.24, 2.45) is 17.3 Å². The molecule has 4 aromatic rings. The van der Waals surface area contributed by atoms with Gasteiger partial charge in [-0.1, -0.05) is 46.8 Å². The number of likely N-dealkylation sites (N-methyl/N-ethyl adjacent to an activating group) is 1. The number of aryl methyl sites for hydroxylation is 1. The molecule has 2 aromatic carbocycles. The van der Waals surface area contributed by atoms with Gasteiger partial charge in [0.1, 0.15) is 29.7 Å². The van der Waals surface area contributed by atoms with Gasteiger partial charge in [-0.3, -0.25) is 24.4 Å². The molecule has 2 saturated heterocycles. The number of carbonyl (C=O) groups excluding carboxylic acids is 5. The van der Waals surface area contributed by atoms with Gasteiger partial charge in [-0.25, -0.2) is 10.2 Å². The Bertz CT molecular complexity index is 2600. The molecule has 17 heteroatoms. The zero-order valence-electron chi connectivity index (χ0n) is 41.6. The first-order chi connectivity index (χ1) is 32.7. The van der Waals surface area contributed by atoms with Crippen molar-refractivity contribution in [3.63, 3.8) is 0 Å². The van der Waals surface area contributed by atoms with Crippen LogP contribution in [0.1, 0.15) is 84.2 Å². The fraction of sp³-hybridized carbons (Fsp3) is 0.538. The van der Waals surface area contributed by atoms with Gasteiger partial charge in [-0.15, -0.1) is 0 Å². The lowest BCUT2D eigenvalue weighted by Crippen LogP contribution is -2.67. The van der Waals surface area contributed by atoms with E-state index in [1.807, 2.05) is 25.1 Å². The Balaban J connectivity index is 1.33. The molecule has 5 heterocycles. The third kappa shape index (κ3) is 10.1. The van der Waals surface area contributed by atoms with Crippen molar-refractivity contribution in [1.82, 2.24) is 35.1 Å². The Hall–Kier alpha value is -5.88. The van der Waals surface area contributed by atoms with Crippen LogP contribution in [-0.2, 0) is 52.8 Å². The van der Waals surface area contributed by atoms with Crippen molar-refractivity contribution in [1.29, 1.82) is 0 Å². The number of phenols is 1. The summed E-state index contributed by atoms with van der Waals surface area (Å²) in [6.45, 7) is 14.4. The van der Waals surface area contributed by atoms with E-state index in [4.69, 9.17) is 19.2 Å². The summed E-state index contributed by atoms with van der Waals surface area (Å²) in [5, 5.41) is 28.5. The number of aliphatic hydroxyl groups is 1. The van der Waals surface area contributed by atoms with E-state index in [1.165, 1.54) is 29.0 Å². The molecule has 0 saturated carbocycles. The standard InChI is InChI=1S/C52H69N7O10/c1-11-58-42-16-15-35-24-39(42)40(45(58)38-14-12-18-53-43(38)33(5)67-9)25-50(6,7)29-69-30-51(28-60)17-13-19-59(55-51)47(63)41(22-34-20-36(35)23-37(61)21-34)54-46(62)44(31(2)3)56(8)48(64)52(66)27-57(26-32(52)4)49(65)68-10/h12,14-16,18,20-21,23-24,28,31-33,41,44,55,61,66H,11,13,17,19,22,25-27,29-30H2,1-10H3,(H,54,62)/t32-,33-,41-,44-,51-,52?/m0/s1. The number of likely N-dealkylation sites (tertiary alicyclic amines) is 1. The number of ether oxygens (including phenoxy) is 3. The van der Waals surface area contributed by atoms with Crippen LogP contribution in [0.2, 0.25) is 0 Å². The number of benzene rings is 2. The predicted molar refractivity (Wildman–Crippen MR) is 260 cm³/mol. The zero-order valence-corrected chi connectivity index (χ0v) is 41.6. The molecule has 2 aromatic heterocycles. The summed E-state index contributed by atoms with van der Waals surface area (Å²) in [4.78, 5) is 76.5. The number of aromatic nitrogens is 2. The molecule has 0 spiro atoms. The molecule has 7 rings (SSSR count). The zero-order chi connectivity index (χ0) is 50.2. The number of amides is 4. The SMILES string of the molecule is CCn1c(-c2cccnc2[C@H](C)OC)c2c3cc(ccc31)-c1cc(O)cc(c1)C[C@H](NC(=O)[C@H](C(C)C)N(C)C(=O)C1(O)CN(C(=O)OC)C[C@@H]1C)C(=O)N1CCC[C@](C=O)(COCC(C)(C)C2)N1. The van der Waals surface area contributed by atoms with Crippen LogP contribution < -0.4 is 10.7 Å². The summed E-state index contributed by atoms with van der Waals surface area (Å²) in [5.41, 5.74) is 6.36. The molecule has 0 aliphatic carbocycles. The van der Waals surface area contributed by atoms with Crippen LogP contribution in [-0.4, -0.2) is 142 Å². The highest BCUT2D eigenvalue weighted by Gasteiger charge is 2.53. The maximum atomic E-state index is 14.9. The Labute approximate surface area is 404 Å². The summed E-state index contributed by atoms with van der Waals surface area (Å²) in [5.74, 6) is -3.17. The summed E-state index contributed by atoms with van der Waals surface area (Å²) in [6, 6.07) is 12.9. The van der Waals surface area contributed by atoms with Gasteiger partial charge < -0.3 is 48.9 Å². The van der Waals surface area contributed by atoms with Gasteiger partial charge >= 0.3 is 6.09 Å². The number of phenolic OH excluding ortho intramolecular Hbond substituents is 1. The number of hydrazine groups is 1. The molecule has 4 N–H and O–H groups in total. The quantitative estimate of drug-likeness (QED) is 0.147. The maximum Gasteiger partial charge on any atom is 0.409 e. The van der Waals surface area contributed by atoms with E-state index in [0.717, 1.165) is 45.3 Å². The number of pyridine rings is 1. The van der Waals surface area contributed by atoms with Crippen molar-refractivity contribution in [3.05, 3.63) is 71.5 Å². The van der Waals surface area contributed by atoms with Gasteiger partial charge in [0.2, 0.25) is 5.91 Å². The summed E-state index contributed by atoms with van der Waals surface area (Å²) in [7, 11) is 4.31. The highest BCUT2D eigenvalue weighted by molar-refractivity contribution is 5.96. The molecule has 4 amide bonds. The van der Waals surface area contributed by atoms with Crippen molar-refractivity contribution >= 4 is 41.0 Å². The number of methoxy groups -OCH3 is 2.